The van der Waals surface area contributed by atoms with Crippen LogP contribution in [0.3, 0.4) is 0 Å². The predicted molar refractivity (Wildman–Crippen MR) is 83.7 cm³/mol. The lowest BCUT2D eigenvalue weighted by molar-refractivity contribution is 0.0953. The van der Waals surface area contributed by atoms with Crippen molar-refractivity contribution in [3.63, 3.8) is 0 Å². The summed E-state index contributed by atoms with van der Waals surface area (Å²) in [5.41, 5.74) is 0.413. The van der Waals surface area contributed by atoms with Crippen LogP contribution in [-0.2, 0) is 16.3 Å². The van der Waals surface area contributed by atoms with Gasteiger partial charge in [-0.05, 0) is 37.1 Å². The first kappa shape index (κ1) is 18.1. The monoisotopic (exact) mass is 355 g/mol. The van der Waals surface area contributed by atoms with Gasteiger partial charge in [0.25, 0.3) is 5.91 Å². The number of sulfone groups is 1. The highest BCUT2D eigenvalue weighted by atomic mass is 32.2. The Kier molecular flexibility index (Phi) is 6.02. The largest absolute Gasteiger partial charge is 0.413 e. The maximum absolute atomic E-state index is 12.8. The van der Waals surface area contributed by atoms with E-state index in [4.69, 9.17) is 4.42 Å². The summed E-state index contributed by atoms with van der Waals surface area (Å²) >= 11 is 0. The van der Waals surface area contributed by atoms with Crippen LogP contribution in [0.5, 0.6) is 0 Å². The molecule has 1 N–H and O–H groups in total. The van der Waals surface area contributed by atoms with Gasteiger partial charge in [0, 0.05) is 24.8 Å². The van der Waals surface area contributed by atoms with Gasteiger partial charge in [0.15, 0.2) is 0 Å². The molecule has 1 aromatic heterocycles. The van der Waals surface area contributed by atoms with Crippen LogP contribution in [-0.4, -0.2) is 37.3 Å². The zero-order chi connectivity index (χ0) is 17.6. The number of unbranched alkanes of at least 4 members (excludes halogenated alkanes) is 2. The minimum atomic E-state index is -3.47. The highest BCUT2D eigenvalue weighted by Crippen LogP contribution is 2.10. The van der Waals surface area contributed by atoms with Gasteiger partial charge in [-0.3, -0.25) is 4.79 Å². The number of aryl methyl sites for hydroxylation is 1. The minimum Gasteiger partial charge on any atom is -0.413 e. The third-order valence-corrected chi connectivity index (χ3v) is 4.02. The van der Waals surface area contributed by atoms with E-state index >= 15 is 0 Å². The topological polar surface area (TPSA) is 102 Å². The van der Waals surface area contributed by atoms with Gasteiger partial charge in [-0.1, -0.05) is 11.5 Å². The molecule has 2 aromatic rings. The standard InChI is InChI=1S/C15H18FN3O4S/c1-24(21,22)15-19-18-13(23-15)5-3-2-4-10-17-14(20)11-6-8-12(16)9-7-11/h6-9H,2-5,10H2,1H3,(H,17,20). The Morgan fingerprint density at radius 3 is 2.50 bits per heavy atom. The van der Waals surface area contributed by atoms with Gasteiger partial charge in [0.05, 0.1) is 0 Å². The second-order valence-corrected chi connectivity index (χ2v) is 7.20. The molecular weight excluding hydrogens is 337 g/mol. The van der Waals surface area contributed by atoms with Crippen molar-refractivity contribution in [2.45, 2.75) is 30.9 Å². The van der Waals surface area contributed by atoms with Crippen LogP contribution in [0.4, 0.5) is 4.39 Å². The summed E-state index contributed by atoms with van der Waals surface area (Å²) in [5.74, 6) is -0.345. The zero-order valence-electron chi connectivity index (χ0n) is 13.2. The number of carbonyl (C=O) groups is 1. The number of halogens is 1. The molecule has 0 bridgehead atoms. The molecule has 0 radical (unpaired) electrons. The van der Waals surface area contributed by atoms with Crippen LogP contribution >= 0.6 is 0 Å². The molecule has 0 fully saturated rings. The Morgan fingerprint density at radius 1 is 1.17 bits per heavy atom. The van der Waals surface area contributed by atoms with Crippen LogP contribution in [0, 0.1) is 5.82 Å². The van der Waals surface area contributed by atoms with Crippen molar-refractivity contribution in [1.29, 1.82) is 0 Å². The maximum Gasteiger partial charge on any atom is 0.335 e. The van der Waals surface area contributed by atoms with Gasteiger partial charge in [0.2, 0.25) is 15.7 Å². The lowest BCUT2D eigenvalue weighted by Crippen LogP contribution is -2.24. The van der Waals surface area contributed by atoms with E-state index in [1.54, 1.807) is 0 Å². The molecule has 7 nitrogen and oxygen atoms in total. The van der Waals surface area contributed by atoms with Crippen molar-refractivity contribution in [1.82, 2.24) is 15.5 Å². The number of nitrogens with one attached hydrogen (secondary N) is 1. The van der Waals surface area contributed by atoms with Crippen LogP contribution in [0.2, 0.25) is 0 Å². The summed E-state index contributed by atoms with van der Waals surface area (Å²) < 4.78 is 40.2. The zero-order valence-corrected chi connectivity index (χ0v) is 14.0. The van der Waals surface area contributed by atoms with E-state index in [9.17, 15) is 17.6 Å². The quantitative estimate of drug-likeness (QED) is 0.724. The summed E-state index contributed by atoms with van der Waals surface area (Å²) in [6.07, 6.45) is 3.78. The van der Waals surface area contributed by atoms with Crippen molar-refractivity contribution in [3.8, 4) is 0 Å². The fraction of sp³-hybridized carbons (Fsp3) is 0.400. The lowest BCUT2D eigenvalue weighted by atomic mass is 10.2. The van der Waals surface area contributed by atoms with Crippen molar-refractivity contribution in [2.24, 2.45) is 0 Å². The Hall–Kier alpha value is -2.29. The van der Waals surface area contributed by atoms with E-state index in [1.807, 2.05) is 0 Å². The Labute approximate surface area is 139 Å². The van der Waals surface area contributed by atoms with E-state index in [2.05, 4.69) is 15.5 Å². The van der Waals surface area contributed by atoms with Gasteiger partial charge in [-0.25, -0.2) is 12.8 Å². The lowest BCUT2D eigenvalue weighted by Gasteiger charge is -2.04. The summed E-state index contributed by atoms with van der Waals surface area (Å²) in [4.78, 5) is 11.8. The average molecular weight is 355 g/mol. The maximum atomic E-state index is 12.8. The highest BCUT2D eigenvalue weighted by Gasteiger charge is 2.16. The molecule has 0 saturated carbocycles. The molecule has 9 heteroatoms. The molecule has 0 spiro atoms. The van der Waals surface area contributed by atoms with Crippen LogP contribution in [0.15, 0.2) is 33.9 Å². The molecule has 0 saturated heterocycles. The fourth-order valence-electron chi connectivity index (χ4n) is 1.97. The Morgan fingerprint density at radius 2 is 1.88 bits per heavy atom. The molecule has 1 heterocycles. The number of benzene rings is 1. The second kappa shape index (κ2) is 8.00. The number of nitrogens with zero attached hydrogens (tertiary/aromatic N) is 2. The number of hydrogen-bond donors (Lipinski definition) is 1. The number of hydrogen-bond acceptors (Lipinski definition) is 6. The van der Waals surface area contributed by atoms with E-state index in [1.165, 1.54) is 24.3 Å². The van der Waals surface area contributed by atoms with Crippen LogP contribution in [0.1, 0.15) is 35.5 Å². The highest BCUT2D eigenvalue weighted by molar-refractivity contribution is 7.90. The number of amides is 1. The predicted octanol–water partition coefficient (Wildman–Crippen LogP) is 1.75. The third-order valence-electron chi connectivity index (χ3n) is 3.22. The third kappa shape index (κ3) is 5.41. The first-order valence-electron chi connectivity index (χ1n) is 7.42. The molecule has 1 amide bonds. The number of carbonyl (C=O) groups excluding carboxylic acids is 1. The van der Waals surface area contributed by atoms with Gasteiger partial charge in [-0.2, -0.15) is 0 Å². The number of rotatable bonds is 8. The molecule has 1 aromatic carbocycles. The average Bonchev–Trinajstić information content (AvgIpc) is 3.00. The van der Waals surface area contributed by atoms with E-state index in [-0.39, 0.29) is 22.8 Å². The van der Waals surface area contributed by atoms with Crippen molar-refractivity contribution < 1.29 is 22.0 Å². The molecule has 24 heavy (non-hydrogen) atoms. The molecule has 0 aliphatic heterocycles. The number of aromatic nitrogens is 2. The van der Waals surface area contributed by atoms with E-state index in [0.717, 1.165) is 25.5 Å². The van der Waals surface area contributed by atoms with Crippen molar-refractivity contribution in [3.05, 3.63) is 41.5 Å². The first-order chi connectivity index (χ1) is 11.4. The smallest absolute Gasteiger partial charge is 0.335 e. The van der Waals surface area contributed by atoms with Gasteiger partial charge >= 0.3 is 5.22 Å². The molecule has 0 atom stereocenters. The van der Waals surface area contributed by atoms with Crippen molar-refractivity contribution >= 4 is 15.7 Å². The SMILES string of the molecule is CS(=O)(=O)c1nnc(CCCCCNC(=O)c2ccc(F)cc2)o1. The van der Waals surface area contributed by atoms with Crippen molar-refractivity contribution in [2.75, 3.05) is 12.8 Å². The summed E-state index contributed by atoms with van der Waals surface area (Å²) in [7, 11) is -3.47. The van der Waals surface area contributed by atoms with Gasteiger partial charge in [-0.15, -0.1) is 5.10 Å². The molecule has 0 unspecified atom stereocenters. The second-order valence-electron chi connectivity index (χ2n) is 5.31. The molecule has 130 valence electrons. The molecule has 2 rings (SSSR count). The Bertz CT molecular complexity index is 787. The van der Waals surface area contributed by atoms with E-state index in [0.29, 0.717) is 18.5 Å². The van der Waals surface area contributed by atoms with Gasteiger partial charge in [0.1, 0.15) is 5.82 Å². The summed E-state index contributed by atoms with van der Waals surface area (Å²) in [5, 5.41) is 9.53. The summed E-state index contributed by atoms with van der Waals surface area (Å²) in [6.45, 7) is 0.495. The minimum absolute atomic E-state index is 0.246. The van der Waals surface area contributed by atoms with Crippen LogP contribution in [0.25, 0.3) is 0 Å². The first-order valence-corrected chi connectivity index (χ1v) is 9.31. The molecular formula is C15H18FN3O4S. The van der Waals surface area contributed by atoms with Crippen LogP contribution < -0.4 is 5.32 Å². The van der Waals surface area contributed by atoms with Gasteiger partial charge < -0.3 is 9.73 Å². The summed E-state index contributed by atoms with van der Waals surface area (Å²) in [6, 6.07) is 5.34. The fourth-order valence-corrected chi connectivity index (χ4v) is 2.41. The molecule has 0 aliphatic rings. The normalized spacial score (nSPS) is 11.4. The Balaban J connectivity index is 1.64. The van der Waals surface area contributed by atoms with E-state index < -0.39 is 9.84 Å². The molecule has 0 aliphatic carbocycles.